The molecule has 0 spiro atoms. The van der Waals surface area contributed by atoms with Gasteiger partial charge in [-0.1, -0.05) is 58.9 Å². The minimum Gasteiger partial charge on any atom is -0.332 e. The molecule has 1 aliphatic heterocycles. The zero-order valence-electron chi connectivity index (χ0n) is 17.5. The number of hydrogen-bond donors (Lipinski definition) is 0. The first kappa shape index (κ1) is 25.5. The Morgan fingerprint density at radius 1 is 1.00 bits per heavy atom. The van der Waals surface area contributed by atoms with Gasteiger partial charge < -0.3 is 6.42 Å². The molecule has 1 aromatic rings. The van der Waals surface area contributed by atoms with E-state index >= 15 is 0 Å². The molecule has 2 amide bonds. The fourth-order valence-electron chi connectivity index (χ4n) is 3.14. The van der Waals surface area contributed by atoms with Gasteiger partial charge in [0.2, 0.25) is 11.8 Å². The van der Waals surface area contributed by atoms with Gasteiger partial charge >= 0.3 is 0 Å². The van der Waals surface area contributed by atoms with Crippen molar-refractivity contribution in [3.63, 3.8) is 0 Å². The predicted molar refractivity (Wildman–Crippen MR) is 104 cm³/mol. The number of rotatable bonds is 1. The smallest absolute Gasteiger partial charge is 0.232 e. The monoisotopic (exact) mass is 433 g/mol. The third kappa shape index (κ3) is 6.27. The Hall–Kier alpha value is -0.536. The molecular weight excluding hydrogens is 399 g/mol. The van der Waals surface area contributed by atoms with Crippen molar-refractivity contribution >= 4 is 11.8 Å². The van der Waals surface area contributed by atoms with E-state index in [4.69, 9.17) is 0 Å². The SMILES string of the molecule is CC1C(=O)N(C)C(=O)C1C.CC1Cc2ccccc2C1C.C[CH-]CC.[Y]. The Morgan fingerprint density at radius 2 is 1.46 bits per heavy atom. The van der Waals surface area contributed by atoms with Crippen LogP contribution in [0.2, 0.25) is 0 Å². The summed E-state index contributed by atoms with van der Waals surface area (Å²) in [5.74, 6) is 1.24. The van der Waals surface area contributed by atoms with Crippen LogP contribution < -0.4 is 0 Å². The van der Waals surface area contributed by atoms with Gasteiger partial charge in [0, 0.05) is 51.6 Å². The second-order valence-electron chi connectivity index (χ2n) is 7.30. The van der Waals surface area contributed by atoms with E-state index in [1.807, 2.05) is 0 Å². The maximum Gasteiger partial charge on any atom is 0.232 e. The molecule has 1 heterocycles. The van der Waals surface area contributed by atoms with Crippen LogP contribution in [0.15, 0.2) is 24.3 Å². The molecule has 2 aliphatic rings. The molecule has 4 atom stereocenters. The molecule has 1 aliphatic carbocycles. The number of nitrogens with zero attached hydrogens (tertiary/aromatic N) is 1. The number of likely N-dealkylation sites (tertiary alicyclic amines) is 1. The van der Waals surface area contributed by atoms with Crippen molar-refractivity contribution < 1.29 is 42.3 Å². The van der Waals surface area contributed by atoms with E-state index in [-0.39, 0.29) is 56.4 Å². The summed E-state index contributed by atoms with van der Waals surface area (Å²) in [7, 11) is 1.53. The maximum absolute atomic E-state index is 11.0. The van der Waals surface area contributed by atoms with Gasteiger partial charge in [0.1, 0.15) is 0 Å². The summed E-state index contributed by atoms with van der Waals surface area (Å²) < 4.78 is 0. The molecule has 1 saturated heterocycles. The van der Waals surface area contributed by atoms with E-state index in [1.54, 1.807) is 25.0 Å². The molecular formula is C22H34NO2Y-. The minimum atomic E-state index is -0.127. The summed E-state index contributed by atoms with van der Waals surface area (Å²) in [6, 6.07) is 8.82. The molecule has 3 rings (SSSR count). The summed E-state index contributed by atoms with van der Waals surface area (Å²) in [6.45, 7) is 12.4. The van der Waals surface area contributed by atoms with Crippen molar-refractivity contribution in [2.45, 2.75) is 60.3 Å². The van der Waals surface area contributed by atoms with Gasteiger partial charge in [-0.2, -0.15) is 13.3 Å². The van der Waals surface area contributed by atoms with Crippen LogP contribution in [0.5, 0.6) is 0 Å². The largest absolute Gasteiger partial charge is 0.332 e. The van der Waals surface area contributed by atoms with E-state index in [9.17, 15) is 9.59 Å². The van der Waals surface area contributed by atoms with E-state index in [2.05, 4.69) is 58.4 Å². The van der Waals surface area contributed by atoms with Crippen LogP contribution in [0.1, 0.15) is 65.0 Å². The van der Waals surface area contributed by atoms with Gasteiger partial charge in [-0.05, 0) is 29.4 Å². The van der Waals surface area contributed by atoms with E-state index in [0.29, 0.717) is 0 Å². The van der Waals surface area contributed by atoms with Crippen molar-refractivity contribution in [1.82, 2.24) is 4.90 Å². The summed E-state index contributed by atoms with van der Waals surface area (Å²) in [4.78, 5) is 23.3. The zero-order chi connectivity index (χ0) is 19.1. The number of unbranched alkanes of at least 4 members (excludes halogenated alkanes) is 1. The molecule has 1 fully saturated rings. The van der Waals surface area contributed by atoms with Crippen LogP contribution in [0.4, 0.5) is 0 Å². The first-order valence-electron chi connectivity index (χ1n) is 9.43. The van der Waals surface area contributed by atoms with Gasteiger partial charge in [-0.3, -0.25) is 14.5 Å². The quantitative estimate of drug-likeness (QED) is 0.469. The molecule has 1 aromatic carbocycles. The van der Waals surface area contributed by atoms with Gasteiger partial charge in [-0.25, -0.2) is 0 Å². The second-order valence-corrected chi connectivity index (χ2v) is 7.30. The average Bonchev–Trinajstić information content (AvgIpc) is 3.01. The maximum atomic E-state index is 11.0. The van der Waals surface area contributed by atoms with Crippen LogP contribution in [-0.2, 0) is 48.7 Å². The van der Waals surface area contributed by atoms with Crippen LogP contribution in [0.25, 0.3) is 0 Å². The molecule has 143 valence electrons. The van der Waals surface area contributed by atoms with Crippen LogP contribution in [0.3, 0.4) is 0 Å². The molecule has 0 aromatic heterocycles. The molecule has 3 nitrogen and oxygen atoms in total. The summed E-state index contributed by atoms with van der Waals surface area (Å²) in [5, 5.41) is 0. The number of amides is 2. The molecule has 1 radical (unpaired) electrons. The molecule has 4 heteroatoms. The van der Waals surface area contributed by atoms with Crippen LogP contribution >= 0.6 is 0 Å². The standard InChI is InChI=1S/C11H14.C7H11NO2.C4H9.Y/c1-8-7-10-5-3-4-6-11(10)9(8)2;1-4-5(2)7(10)8(3)6(4)9;1-3-4-2;/h3-6,8-9H,7H2,1-2H3;4-5H,1-3H3;3H,4H2,1-2H3;/q;;-1;. The summed E-state index contributed by atoms with van der Waals surface area (Å²) in [6.07, 6.45) is 4.59. The predicted octanol–water partition coefficient (Wildman–Crippen LogP) is 4.86. The third-order valence-corrected chi connectivity index (χ3v) is 5.54. The molecule has 26 heavy (non-hydrogen) atoms. The first-order chi connectivity index (χ1) is 11.8. The second kappa shape index (κ2) is 12.0. The topological polar surface area (TPSA) is 37.4 Å². The van der Waals surface area contributed by atoms with Crippen LogP contribution in [0, 0.1) is 24.2 Å². The van der Waals surface area contributed by atoms with Crippen molar-refractivity contribution in [3.8, 4) is 0 Å². The summed E-state index contributed by atoms with van der Waals surface area (Å²) in [5.41, 5.74) is 3.13. The Kier molecular flexibility index (Phi) is 11.8. The van der Waals surface area contributed by atoms with Crippen molar-refractivity contribution in [3.05, 3.63) is 41.8 Å². The number of imide groups is 1. The number of carbonyl (C=O) groups excluding carboxylic acids is 2. The normalized spacial score (nSPS) is 26.2. The van der Waals surface area contributed by atoms with Gasteiger partial charge in [0.05, 0.1) is 0 Å². The Morgan fingerprint density at radius 3 is 1.81 bits per heavy atom. The van der Waals surface area contributed by atoms with Gasteiger partial charge in [0.25, 0.3) is 0 Å². The molecule has 0 saturated carbocycles. The number of hydrogen-bond acceptors (Lipinski definition) is 2. The average molecular weight is 433 g/mol. The zero-order valence-corrected chi connectivity index (χ0v) is 20.3. The fraction of sp³-hybridized carbons (Fsp3) is 0.591. The Balaban J connectivity index is 0.000000390. The number of carbonyl (C=O) groups is 2. The molecule has 0 N–H and O–H groups in total. The van der Waals surface area contributed by atoms with Gasteiger partial charge in [0.15, 0.2) is 0 Å². The van der Waals surface area contributed by atoms with Crippen LogP contribution in [-0.4, -0.2) is 23.8 Å². The van der Waals surface area contributed by atoms with E-state index in [1.165, 1.54) is 24.8 Å². The van der Waals surface area contributed by atoms with E-state index < -0.39 is 0 Å². The first-order valence-corrected chi connectivity index (χ1v) is 9.43. The third-order valence-electron chi connectivity index (χ3n) is 5.54. The number of benzene rings is 1. The van der Waals surface area contributed by atoms with Crippen molar-refractivity contribution in [1.29, 1.82) is 0 Å². The van der Waals surface area contributed by atoms with Crippen molar-refractivity contribution in [2.24, 2.45) is 17.8 Å². The Labute approximate surface area is 185 Å². The summed E-state index contributed by atoms with van der Waals surface area (Å²) >= 11 is 0. The molecule has 0 bridgehead atoms. The Bertz CT molecular complexity index is 565. The number of fused-ring (bicyclic) bond motifs is 1. The van der Waals surface area contributed by atoms with E-state index in [0.717, 1.165) is 11.8 Å². The van der Waals surface area contributed by atoms with Gasteiger partial charge in [-0.15, -0.1) is 0 Å². The van der Waals surface area contributed by atoms with Crippen molar-refractivity contribution in [2.75, 3.05) is 7.05 Å². The minimum absolute atomic E-state index is 0. The molecule has 4 unspecified atom stereocenters. The fourth-order valence-corrected chi connectivity index (χ4v) is 3.14.